The minimum Gasteiger partial charge on any atom is -0.325 e. The van der Waals surface area contributed by atoms with Crippen LogP contribution in [0.5, 0.6) is 0 Å². The predicted octanol–water partition coefficient (Wildman–Crippen LogP) is 5.09. The number of para-hydroxylation sites is 1. The number of pyridine rings is 3. The summed E-state index contributed by atoms with van der Waals surface area (Å²) >= 11 is 0. The average molecular weight is 441 g/mol. The molecule has 0 bridgehead atoms. The molecule has 6 nitrogen and oxygen atoms in total. The van der Waals surface area contributed by atoms with E-state index < -0.39 is 35.3 Å². The van der Waals surface area contributed by atoms with Gasteiger partial charge in [-0.1, -0.05) is 12.1 Å². The van der Waals surface area contributed by atoms with Crippen molar-refractivity contribution < 1.29 is 22.4 Å². The molecule has 0 aliphatic carbocycles. The van der Waals surface area contributed by atoms with E-state index in [9.17, 15) is 22.4 Å². The first-order valence-corrected chi connectivity index (χ1v) is 9.37. The van der Waals surface area contributed by atoms with Gasteiger partial charge < -0.3 is 10.6 Å². The van der Waals surface area contributed by atoms with Crippen LogP contribution in [0.1, 0.15) is 22.9 Å². The highest BCUT2D eigenvalue weighted by Gasteiger charge is 2.37. The van der Waals surface area contributed by atoms with E-state index in [2.05, 4.69) is 25.6 Å². The molecule has 3 heterocycles. The minimum absolute atomic E-state index is 0.0619. The molecule has 3 aromatic heterocycles. The van der Waals surface area contributed by atoms with Crippen LogP contribution in [-0.2, 0) is 6.18 Å². The average Bonchev–Trinajstić information content (AvgIpc) is 2.77. The number of carbonyl (C=O) groups excluding carboxylic acids is 1. The number of alkyl halides is 3. The van der Waals surface area contributed by atoms with Gasteiger partial charge in [-0.2, -0.15) is 13.2 Å². The number of carbonyl (C=O) groups is 1. The highest BCUT2D eigenvalue weighted by atomic mass is 19.4. The Labute approximate surface area is 179 Å². The molecule has 32 heavy (non-hydrogen) atoms. The topological polar surface area (TPSA) is 79.8 Å². The monoisotopic (exact) mass is 441 g/mol. The Bertz CT molecular complexity index is 1260. The van der Waals surface area contributed by atoms with Crippen molar-refractivity contribution in [3.05, 3.63) is 96.0 Å². The van der Waals surface area contributed by atoms with Crippen LogP contribution in [0.15, 0.2) is 73.3 Å². The minimum atomic E-state index is -4.71. The number of hydrogen-bond acceptors (Lipinski definition) is 4. The lowest BCUT2D eigenvalue weighted by molar-refractivity contribution is -0.138. The highest BCUT2D eigenvalue weighted by molar-refractivity contribution is 5.89. The standard InChI is InChI=1S/C22H15F4N5O/c23-17-7-1-4-13-10-14(11-29-18(13)17)19(20-16(22(24,25)26)6-3-9-28-20)31-21(32)30-15-5-2-8-27-12-15/h1-12,19H,(H2,30,31,32). The van der Waals surface area contributed by atoms with Crippen molar-refractivity contribution in [1.82, 2.24) is 20.3 Å². The van der Waals surface area contributed by atoms with Gasteiger partial charge in [-0.15, -0.1) is 0 Å². The fourth-order valence-corrected chi connectivity index (χ4v) is 3.23. The van der Waals surface area contributed by atoms with Gasteiger partial charge in [-0.3, -0.25) is 15.0 Å². The number of rotatable bonds is 4. The van der Waals surface area contributed by atoms with Crippen LogP contribution in [0.4, 0.5) is 28.0 Å². The summed E-state index contributed by atoms with van der Waals surface area (Å²) in [4.78, 5) is 24.4. The Kier molecular flexibility index (Phi) is 5.67. The lowest BCUT2D eigenvalue weighted by Crippen LogP contribution is -2.35. The van der Waals surface area contributed by atoms with Gasteiger partial charge in [-0.25, -0.2) is 9.18 Å². The van der Waals surface area contributed by atoms with E-state index >= 15 is 0 Å². The summed E-state index contributed by atoms with van der Waals surface area (Å²) in [6.45, 7) is 0. The third-order valence-corrected chi connectivity index (χ3v) is 4.63. The number of halogens is 4. The molecule has 1 aromatic carbocycles. The number of anilines is 1. The summed E-state index contributed by atoms with van der Waals surface area (Å²) in [6.07, 6.45) is 0.605. The molecule has 2 amide bonds. The molecule has 1 unspecified atom stereocenters. The number of urea groups is 1. The third-order valence-electron chi connectivity index (χ3n) is 4.63. The molecule has 4 aromatic rings. The molecule has 1 atom stereocenters. The van der Waals surface area contributed by atoms with Crippen molar-refractivity contribution in [2.45, 2.75) is 12.2 Å². The third kappa shape index (κ3) is 4.48. The Hall–Kier alpha value is -4.08. The van der Waals surface area contributed by atoms with E-state index in [-0.39, 0.29) is 11.1 Å². The maximum absolute atomic E-state index is 14.0. The first-order chi connectivity index (χ1) is 15.3. The molecule has 4 rings (SSSR count). The van der Waals surface area contributed by atoms with Crippen molar-refractivity contribution in [3.8, 4) is 0 Å². The van der Waals surface area contributed by atoms with Crippen molar-refractivity contribution >= 4 is 22.6 Å². The molecule has 0 spiro atoms. The van der Waals surface area contributed by atoms with Gasteiger partial charge in [0.15, 0.2) is 0 Å². The number of fused-ring (bicyclic) bond motifs is 1. The molecule has 0 radical (unpaired) electrons. The Morgan fingerprint density at radius 3 is 2.53 bits per heavy atom. The van der Waals surface area contributed by atoms with Gasteiger partial charge in [0.1, 0.15) is 17.4 Å². The second-order valence-electron chi connectivity index (χ2n) is 6.79. The smallest absolute Gasteiger partial charge is 0.325 e. The van der Waals surface area contributed by atoms with Gasteiger partial charge in [0.05, 0.1) is 23.1 Å². The summed E-state index contributed by atoms with van der Waals surface area (Å²) in [5.41, 5.74) is -0.815. The van der Waals surface area contributed by atoms with E-state index in [1.807, 2.05) is 0 Å². The van der Waals surface area contributed by atoms with Crippen molar-refractivity contribution in [2.75, 3.05) is 5.32 Å². The number of amides is 2. The summed E-state index contributed by atoms with van der Waals surface area (Å²) in [7, 11) is 0. The summed E-state index contributed by atoms with van der Waals surface area (Å²) in [6, 6.07) is 8.84. The lowest BCUT2D eigenvalue weighted by Gasteiger charge is -2.22. The summed E-state index contributed by atoms with van der Waals surface area (Å²) < 4.78 is 55.0. The zero-order valence-corrected chi connectivity index (χ0v) is 16.3. The summed E-state index contributed by atoms with van der Waals surface area (Å²) in [5.74, 6) is -0.568. The Balaban J connectivity index is 1.78. The highest BCUT2D eigenvalue weighted by Crippen LogP contribution is 2.36. The van der Waals surface area contributed by atoms with Crippen LogP contribution >= 0.6 is 0 Å². The second-order valence-corrected chi connectivity index (χ2v) is 6.79. The van der Waals surface area contributed by atoms with E-state index in [1.54, 1.807) is 18.2 Å². The van der Waals surface area contributed by atoms with E-state index in [4.69, 9.17) is 0 Å². The van der Waals surface area contributed by atoms with E-state index in [0.29, 0.717) is 11.1 Å². The lowest BCUT2D eigenvalue weighted by atomic mass is 9.99. The molecule has 162 valence electrons. The van der Waals surface area contributed by atoms with Gasteiger partial charge >= 0.3 is 12.2 Å². The van der Waals surface area contributed by atoms with Gasteiger partial charge in [0.25, 0.3) is 0 Å². The van der Waals surface area contributed by atoms with Crippen molar-refractivity contribution in [1.29, 1.82) is 0 Å². The number of aromatic nitrogens is 3. The predicted molar refractivity (Wildman–Crippen MR) is 109 cm³/mol. The van der Waals surface area contributed by atoms with Crippen LogP contribution in [0.25, 0.3) is 10.9 Å². The summed E-state index contributed by atoms with van der Waals surface area (Å²) in [5, 5.41) is 5.40. The number of hydrogen-bond donors (Lipinski definition) is 2. The molecule has 0 saturated carbocycles. The molecular formula is C22H15F4N5O. The fourth-order valence-electron chi connectivity index (χ4n) is 3.23. The van der Waals surface area contributed by atoms with Crippen LogP contribution in [0.3, 0.4) is 0 Å². The first-order valence-electron chi connectivity index (χ1n) is 9.37. The Morgan fingerprint density at radius 2 is 1.78 bits per heavy atom. The Morgan fingerprint density at radius 1 is 0.969 bits per heavy atom. The van der Waals surface area contributed by atoms with Crippen LogP contribution in [0.2, 0.25) is 0 Å². The molecule has 0 fully saturated rings. The zero-order chi connectivity index (χ0) is 22.7. The SMILES string of the molecule is O=C(Nc1cccnc1)NC(c1cnc2c(F)cccc2c1)c1ncccc1C(F)(F)F. The number of nitrogens with one attached hydrogen (secondary N) is 2. The zero-order valence-electron chi connectivity index (χ0n) is 16.3. The molecule has 2 N–H and O–H groups in total. The van der Waals surface area contributed by atoms with Crippen molar-refractivity contribution in [2.24, 2.45) is 0 Å². The quantitative estimate of drug-likeness (QED) is 0.432. The van der Waals surface area contributed by atoms with E-state index in [1.165, 1.54) is 43.0 Å². The fraction of sp³-hybridized carbons (Fsp3) is 0.0909. The number of nitrogens with zero attached hydrogens (tertiary/aromatic N) is 3. The van der Waals surface area contributed by atoms with Crippen LogP contribution in [0, 0.1) is 5.82 Å². The van der Waals surface area contributed by atoms with Crippen molar-refractivity contribution in [3.63, 3.8) is 0 Å². The van der Waals surface area contributed by atoms with Crippen LogP contribution in [-0.4, -0.2) is 21.0 Å². The molecule has 0 aliphatic rings. The van der Waals surface area contributed by atoms with Crippen LogP contribution < -0.4 is 10.6 Å². The maximum atomic E-state index is 14.0. The molecular weight excluding hydrogens is 426 g/mol. The molecule has 10 heteroatoms. The maximum Gasteiger partial charge on any atom is 0.418 e. The van der Waals surface area contributed by atoms with Gasteiger partial charge in [-0.05, 0) is 42.0 Å². The van der Waals surface area contributed by atoms with Gasteiger partial charge in [0.2, 0.25) is 0 Å². The van der Waals surface area contributed by atoms with E-state index in [0.717, 1.165) is 12.1 Å². The largest absolute Gasteiger partial charge is 0.418 e. The second kappa shape index (κ2) is 8.58. The molecule has 0 saturated heterocycles. The normalized spacial score (nSPS) is 12.4. The first kappa shape index (κ1) is 21.2. The molecule has 0 aliphatic heterocycles. The van der Waals surface area contributed by atoms with Gasteiger partial charge in [0, 0.05) is 24.0 Å². The number of benzene rings is 1.